The Morgan fingerprint density at radius 1 is 0.295 bits per heavy atom. The molecule has 0 aliphatic heterocycles. The fraction of sp³-hybridized carbons (Fsp3) is 0.377. The van der Waals surface area contributed by atoms with Crippen LogP contribution in [0.1, 0.15) is 230 Å². The number of amides is 2. The van der Waals surface area contributed by atoms with Gasteiger partial charge in [-0.2, -0.15) is 0 Å². The highest BCUT2D eigenvalue weighted by molar-refractivity contribution is 5.90. The predicted molar refractivity (Wildman–Crippen MR) is 575 cm³/mol. The summed E-state index contributed by atoms with van der Waals surface area (Å²) < 4.78 is 11.0. The minimum Gasteiger partial charge on any atom is -0.481 e. The molecule has 0 aromatic heterocycles. The van der Waals surface area contributed by atoms with Gasteiger partial charge in [-0.1, -0.05) is 377 Å². The van der Waals surface area contributed by atoms with E-state index in [4.69, 9.17) is 32.4 Å². The van der Waals surface area contributed by atoms with Gasteiger partial charge in [-0.15, -0.1) is 0 Å². The van der Waals surface area contributed by atoms with Gasteiger partial charge in [0.25, 0.3) is 0 Å². The Labute approximate surface area is 860 Å². The van der Waals surface area contributed by atoms with Crippen LogP contribution >= 0.6 is 0 Å². The van der Waals surface area contributed by atoms with Crippen LogP contribution in [0.5, 0.6) is 0 Å². The van der Waals surface area contributed by atoms with Crippen molar-refractivity contribution < 1.29 is 77.8 Å². The van der Waals surface area contributed by atoms with Crippen molar-refractivity contribution in [3.8, 4) is 22.3 Å². The summed E-state index contributed by atoms with van der Waals surface area (Å²) in [4.78, 5) is 121. The molecule has 2 aliphatic rings. The van der Waals surface area contributed by atoms with Crippen LogP contribution in [0.2, 0.25) is 0 Å². The summed E-state index contributed by atoms with van der Waals surface area (Å²) in [6.45, 7) is 16.0. The van der Waals surface area contributed by atoms with Crippen LogP contribution in [0, 0.1) is 41.4 Å². The molecule has 8 atom stereocenters. The largest absolute Gasteiger partial charge is 0.481 e. The minimum absolute atomic E-state index is 0.00164. The Kier molecular flexibility index (Phi) is 45.7. The molecule has 2 aliphatic carbocycles. The molecule has 0 saturated carbocycles. The lowest BCUT2D eigenvalue weighted by molar-refractivity contribution is -0.144. The number of alkyl carbamates (subject to hydrolysis) is 2. The van der Waals surface area contributed by atoms with Crippen LogP contribution in [0.4, 0.5) is 9.59 Å². The average Bonchev–Trinajstić information content (AvgIpc) is 1.65. The van der Waals surface area contributed by atoms with Crippen molar-refractivity contribution in [3.63, 3.8) is 0 Å². The van der Waals surface area contributed by atoms with E-state index < -0.39 is 95.0 Å². The van der Waals surface area contributed by atoms with Gasteiger partial charge in [0.2, 0.25) is 0 Å². The van der Waals surface area contributed by atoms with Crippen molar-refractivity contribution in [2.45, 2.75) is 211 Å². The lowest BCUT2D eigenvalue weighted by Gasteiger charge is -2.37. The number of nitrogens with two attached hydrogens (primary N) is 4. The number of Topliss-reactive ketones (excluding diaryl/α,β-unsaturated/α-hetero) is 4. The Morgan fingerprint density at radius 2 is 0.534 bits per heavy atom. The molecule has 0 heterocycles. The number of carboxylic acids is 4. The third-order valence-corrected chi connectivity index (χ3v) is 27.9. The second-order valence-corrected chi connectivity index (χ2v) is 39.1. The number of hydrogen-bond donors (Lipinski definition) is 12. The number of carbonyl (C=O) groups excluding carboxylic acids is 6. The molecule has 11 aromatic carbocycles. The second kappa shape index (κ2) is 58.4. The van der Waals surface area contributed by atoms with Gasteiger partial charge in [-0.25, -0.2) is 9.59 Å². The third-order valence-electron chi connectivity index (χ3n) is 27.9. The molecule has 0 spiro atoms. The summed E-state index contributed by atoms with van der Waals surface area (Å²) >= 11 is 0. The van der Waals surface area contributed by atoms with Crippen LogP contribution in [-0.4, -0.2) is 143 Å². The predicted octanol–water partition coefficient (Wildman–Crippen LogP) is 20.6. The summed E-state index contributed by atoms with van der Waals surface area (Å²) in [7, 11) is 0. The van der Waals surface area contributed by atoms with E-state index in [1.165, 1.54) is 27.8 Å². The van der Waals surface area contributed by atoms with Crippen LogP contribution in [-0.2, 0) is 71.7 Å². The van der Waals surface area contributed by atoms with Gasteiger partial charge >= 0.3 is 36.1 Å². The Balaban J connectivity index is 0.000000200. The SMILES string of the molecule is CC(C)[C@H](N)C(=O)C[C@@H](CCCCNC(=O)OCC1c2ccccc2-c2ccccc21)C(=O)O.CC(C)[C@H](N)C(=O)C[C@@H](CCCCNC(c1ccccc1)(c1ccccc1)c1ccccc1)C(=O)O.CCc1ccc(C(NCCCC[C@H](CC(=O)[C@@H](N)C(C)C)C(=O)O)(c2ccccc2)c2ccccc2)cc1.N[C@@H](Cc1ccccc1)C(=O)C[C@@H](CCCCNC(=O)OCC1c2ccccc2-c2ccccc21)C(=O)O. The molecular formula is C122H148N8O16. The summed E-state index contributed by atoms with van der Waals surface area (Å²) in [5, 5.41) is 51.5. The van der Waals surface area contributed by atoms with Gasteiger partial charge < -0.3 is 63.5 Å². The van der Waals surface area contributed by atoms with Crippen LogP contribution in [0.15, 0.2) is 303 Å². The molecule has 24 heteroatoms. The maximum absolute atomic E-state index is 12.5. The van der Waals surface area contributed by atoms with Gasteiger partial charge in [0.1, 0.15) is 13.2 Å². The smallest absolute Gasteiger partial charge is 0.407 e. The number of hydrogen-bond acceptors (Lipinski definition) is 18. The van der Waals surface area contributed by atoms with E-state index in [0.29, 0.717) is 96.8 Å². The summed E-state index contributed by atoms with van der Waals surface area (Å²) in [6, 6.07) is 100. The summed E-state index contributed by atoms with van der Waals surface area (Å²) in [6.07, 6.45) is 7.06. The molecular weight excluding hydrogens is 1830 g/mol. The quantitative estimate of drug-likeness (QED) is 0.0124. The van der Waals surface area contributed by atoms with Crippen molar-refractivity contribution in [3.05, 3.63) is 370 Å². The molecule has 0 bridgehead atoms. The van der Waals surface area contributed by atoms with E-state index >= 15 is 0 Å². The van der Waals surface area contributed by atoms with E-state index in [9.17, 15) is 68.4 Å². The number of rotatable bonds is 54. The molecule has 772 valence electrons. The van der Waals surface area contributed by atoms with Crippen molar-refractivity contribution in [2.75, 3.05) is 39.4 Å². The molecule has 146 heavy (non-hydrogen) atoms. The molecule has 13 rings (SSSR count). The average molecular weight is 1980 g/mol. The van der Waals surface area contributed by atoms with Crippen LogP contribution < -0.4 is 44.2 Å². The van der Waals surface area contributed by atoms with Crippen molar-refractivity contribution >= 4 is 59.2 Å². The fourth-order valence-electron chi connectivity index (χ4n) is 19.2. The van der Waals surface area contributed by atoms with Crippen molar-refractivity contribution in [2.24, 2.45) is 64.4 Å². The van der Waals surface area contributed by atoms with E-state index in [1.807, 2.05) is 187 Å². The van der Waals surface area contributed by atoms with E-state index in [1.54, 1.807) is 0 Å². The first-order valence-electron chi connectivity index (χ1n) is 51.5. The molecule has 0 unspecified atom stereocenters. The topological polar surface area (TPSA) is 422 Å². The fourth-order valence-corrected chi connectivity index (χ4v) is 19.2. The van der Waals surface area contributed by atoms with Crippen molar-refractivity contribution in [1.29, 1.82) is 0 Å². The van der Waals surface area contributed by atoms with Gasteiger partial charge in [-0.3, -0.25) is 49.0 Å². The number of ketones is 4. The van der Waals surface area contributed by atoms with E-state index in [0.717, 1.165) is 80.5 Å². The normalized spacial score (nSPS) is 13.6. The highest BCUT2D eigenvalue weighted by Gasteiger charge is 2.40. The van der Waals surface area contributed by atoms with Gasteiger partial charge in [0.15, 0.2) is 23.1 Å². The highest BCUT2D eigenvalue weighted by atomic mass is 16.6. The first-order chi connectivity index (χ1) is 70.4. The zero-order chi connectivity index (χ0) is 105. The second-order valence-electron chi connectivity index (χ2n) is 39.1. The van der Waals surface area contributed by atoms with Crippen LogP contribution in [0.3, 0.4) is 0 Å². The first kappa shape index (κ1) is 114. The summed E-state index contributed by atoms with van der Waals surface area (Å²) in [5.41, 5.74) is 41.1. The zero-order valence-electron chi connectivity index (χ0n) is 85.3. The summed E-state index contributed by atoms with van der Waals surface area (Å²) in [5.74, 6) is -7.67. The maximum Gasteiger partial charge on any atom is 0.407 e. The van der Waals surface area contributed by atoms with Gasteiger partial charge in [0.05, 0.1) is 58.9 Å². The number of aryl methyl sites for hydroxylation is 1. The first-order valence-corrected chi connectivity index (χ1v) is 51.5. The molecule has 24 nitrogen and oxygen atoms in total. The standard InChI is InChI=1S/C33H42N2O3.C31H34N2O5.C31H38N2O3.C27H34N2O5/c1-4-25-18-20-29(21-19-25)33(27-14-7-5-8-15-27,28-16-9-6-10-17-28)35-22-12-11-13-26(32(37)38)23-30(36)31(34)24(2)3;32-28(18-21-10-2-1-3-11-21)29(34)19-22(30(35)36)12-8-9-17-33-31(37)38-20-27-25-15-6-4-13-23(25)24-14-5-7-16-26(24)27;1-23(2)29(32)28(34)22-24(30(35)36)14-12-13-21-33-31(25-15-6-3-7-16-25,26-17-8-4-9-18-26)27-19-10-5-11-20-27;1-17(2)25(28)24(30)15-18(26(31)32)9-7-8-14-29-27(33)34-16-23-21-12-5-3-10-19(21)20-11-4-6-13-22(20)23/h5-10,14-21,24,26,31,35H,4,11-13,22-23,34H2,1-3H3,(H,37,38);1-7,10-11,13-16,22,27-28H,8-9,12,17-20,32H2,(H,33,37)(H,35,36);3-11,15-20,23-24,29,33H,12-14,21-22,32H2,1-2H3,(H,35,36);3-6,10-13,17-18,23,25H,7-9,14-16,28H2,1-2H3,(H,29,33)(H,31,32)/t26-,31+;22-,28+;24-,29+;18-,25+/m1111/s1. The molecule has 11 aromatic rings. The van der Waals surface area contributed by atoms with Crippen LogP contribution in [0.25, 0.3) is 22.3 Å². The third kappa shape index (κ3) is 32.6. The maximum atomic E-state index is 12.5. The lowest BCUT2D eigenvalue weighted by atomic mass is 9.76. The molecule has 0 radical (unpaired) electrons. The Hall–Kier alpha value is -13.7. The number of ether oxygens (including phenoxy) is 2. The molecule has 0 fully saturated rings. The molecule has 16 N–H and O–H groups in total. The minimum atomic E-state index is -1.00. The van der Waals surface area contributed by atoms with E-state index in [2.05, 4.69) is 186 Å². The number of carboxylic acid groups (broad SMARTS) is 4. The number of aliphatic carboxylic acids is 4. The molecule has 2 amide bonds. The number of nitrogens with one attached hydrogen (secondary N) is 4. The zero-order valence-corrected chi connectivity index (χ0v) is 85.3. The number of fused-ring (bicyclic) bond motifs is 6. The number of carbonyl (C=O) groups is 10. The highest BCUT2D eigenvalue weighted by Crippen LogP contribution is 2.47. The number of benzene rings is 11. The lowest BCUT2D eigenvalue weighted by Crippen LogP contribution is -2.45. The van der Waals surface area contributed by atoms with Gasteiger partial charge in [-0.05, 0) is 184 Å². The molecule has 0 saturated heterocycles. The monoisotopic (exact) mass is 1980 g/mol. The number of unbranched alkanes of at least 4 members (excludes halogenated alkanes) is 4. The Bertz CT molecular complexity index is 5730. The van der Waals surface area contributed by atoms with Gasteiger partial charge in [0, 0.05) is 50.6 Å². The van der Waals surface area contributed by atoms with Crippen molar-refractivity contribution in [1.82, 2.24) is 21.3 Å². The Morgan fingerprint density at radius 3 is 0.795 bits per heavy atom. The van der Waals surface area contributed by atoms with E-state index in [-0.39, 0.29) is 91.6 Å².